The molecule has 0 aliphatic carbocycles. The van der Waals surface area contributed by atoms with Crippen LogP contribution in [0.2, 0.25) is 0 Å². The summed E-state index contributed by atoms with van der Waals surface area (Å²) in [7, 11) is -4.46. The molecule has 8 heavy (non-hydrogen) atoms. The third kappa shape index (κ3) is 9.68. The van der Waals surface area contributed by atoms with E-state index in [0.717, 1.165) is 0 Å². The molecule has 46 valence electrons. The van der Waals surface area contributed by atoms with Crippen molar-refractivity contribution in [3.8, 4) is 0 Å². The van der Waals surface area contributed by atoms with Crippen LogP contribution in [0.15, 0.2) is 18.1 Å². The van der Waals surface area contributed by atoms with Gasteiger partial charge in [0.1, 0.15) is 0 Å². The molecule has 0 aromatic carbocycles. The fraction of sp³-hybridized carbons (Fsp3) is 0. The molecule has 0 rings (SSSR count). The maximum Gasteiger partial charge on any atom is 3.00 e. The van der Waals surface area contributed by atoms with Gasteiger partial charge < -0.3 is 14.7 Å². The zero-order chi connectivity index (χ0) is 5.91. The van der Waals surface area contributed by atoms with Crippen LogP contribution in [0.3, 0.4) is 0 Å². The Kier molecular flexibility index (Phi) is 6.12. The first-order chi connectivity index (χ1) is 3.06. The molecule has 0 fully saturated rings. The standard InChI is InChI=1S/C3H5O3P.Rh/c1-2-3-7(4,5)6;/h3H,1H2,(H2,4,5,6);/q;+3/p-2. The monoisotopic (exact) mass is 221 g/mol. The van der Waals surface area contributed by atoms with E-state index in [4.69, 9.17) is 0 Å². The van der Waals surface area contributed by atoms with Crippen LogP contribution in [0.1, 0.15) is 0 Å². The molecule has 0 aromatic rings. The summed E-state index contributed by atoms with van der Waals surface area (Å²) in [4.78, 5) is 28.6. The van der Waals surface area contributed by atoms with E-state index in [1.807, 2.05) is 5.73 Å². The summed E-state index contributed by atoms with van der Waals surface area (Å²) >= 11 is 0. The number of hydrogen-bond acceptors (Lipinski definition) is 3. The van der Waals surface area contributed by atoms with Crippen molar-refractivity contribution in [2.24, 2.45) is 0 Å². The molecule has 0 atom stereocenters. The van der Waals surface area contributed by atoms with Crippen molar-refractivity contribution in [2.75, 3.05) is 0 Å². The van der Waals surface area contributed by atoms with Gasteiger partial charge in [-0.1, -0.05) is 12.3 Å². The second kappa shape index (κ2) is 4.34. The van der Waals surface area contributed by atoms with Crippen molar-refractivity contribution < 1.29 is 34.2 Å². The number of hydrogen-bond donors (Lipinski definition) is 0. The quantitative estimate of drug-likeness (QED) is 0.295. The van der Waals surface area contributed by atoms with Gasteiger partial charge >= 0.3 is 19.5 Å². The summed E-state index contributed by atoms with van der Waals surface area (Å²) in [5, 5.41) is 0. The minimum atomic E-state index is -4.46. The third-order valence-electron chi connectivity index (χ3n) is 0.249. The molecule has 0 N–H and O–H groups in total. The number of rotatable bonds is 1. The van der Waals surface area contributed by atoms with Crippen LogP contribution in [0.4, 0.5) is 0 Å². The van der Waals surface area contributed by atoms with Crippen LogP contribution in [0.5, 0.6) is 0 Å². The fourth-order valence-electron chi connectivity index (χ4n) is 0.112. The fourth-order valence-corrected chi connectivity index (χ4v) is 0.335. The van der Waals surface area contributed by atoms with Gasteiger partial charge in [-0.05, 0) is 0 Å². The molecular weight excluding hydrogens is 218 g/mol. The second-order valence-corrected chi connectivity index (χ2v) is 2.21. The first-order valence-corrected chi connectivity index (χ1v) is 3.06. The van der Waals surface area contributed by atoms with Gasteiger partial charge in [0.25, 0.3) is 0 Å². The van der Waals surface area contributed by atoms with E-state index in [1.165, 1.54) is 0 Å². The molecule has 0 aromatic heterocycles. The Balaban J connectivity index is 0. The summed E-state index contributed by atoms with van der Waals surface area (Å²) in [5.41, 5.74) is 1.84. The Morgan fingerprint density at radius 1 is 1.38 bits per heavy atom. The molecule has 0 saturated carbocycles. The van der Waals surface area contributed by atoms with Crippen LogP contribution < -0.4 is 14.7 Å². The van der Waals surface area contributed by atoms with Crippen LogP contribution in [0, 0.1) is 0 Å². The predicted octanol–water partition coefficient (Wildman–Crippen LogP) is -1.87. The van der Waals surface area contributed by atoms with Gasteiger partial charge in [-0.2, -0.15) is 0 Å². The van der Waals surface area contributed by atoms with Crippen molar-refractivity contribution in [1.82, 2.24) is 0 Å². The summed E-state index contributed by atoms with van der Waals surface area (Å²) in [6, 6.07) is 0. The zero-order valence-corrected chi connectivity index (χ0v) is 6.32. The molecule has 0 radical (unpaired) electrons. The molecule has 0 heterocycles. The van der Waals surface area contributed by atoms with E-state index in [-0.39, 0.29) is 19.5 Å². The molecular formula is C3H3O3PRh+. The maximum absolute atomic E-state index is 9.55. The van der Waals surface area contributed by atoms with Gasteiger partial charge in [-0.15, -0.1) is 7.94 Å². The van der Waals surface area contributed by atoms with Crippen molar-refractivity contribution in [3.05, 3.63) is 18.1 Å². The first kappa shape index (κ1) is 11.3. The molecule has 5 heteroatoms. The smallest absolute Gasteiger partial charge is 0.683 e. The Labute approximate surface area is 60.7 Å². The topological polar surface area (TPSA) is 69.2 Å². The summed E-state index contributed by atoms with van der Waals surface area (Å²) in [6.07, 6.45) is 0. The SMILES string of the molecule is C=C=C[P+]([O-])([O-])[O-].[Rh+3]. The Morgan fingerprint density at radius 3 is 1.75 bits per heavy atom. The molecule has 0 spiro atoms. The average Bonchev–Trinajstić information content (AvgIpc) is 1.30. The van der Waals surface area contributed by atoms with E-state index in [9.17, 15) is 14.7 Å². The van der Waals surface area contributed by atoms with Gasteiger partial charge in [0.15, 0.2) is 0 Å². The van der Waals surface area contributed by atoms with Gasteiger partial charge in [0, 0.05) is 0 Å². The Morgan fingerprint density at radius 2 is 1.75 bits per heavy atom. The maximum atomic E-state index is 9.55. The zero-order valence-electron chi connectivity index (χ0n) is 3.79. The van der Waals surface area contributed by atoms with Crippen LogP contribution in [-0.4, -0.2) is 0 Å². The van der Waals surface area contributed by atoms with Crippen molar-refractivity contribution in [1.29, 1.82) is 0 Å². The van der Waals surface area contributed by atoms with E-state index in [2.05, 4.69) is 6.58 Å². The molecule has 0 aliphatic rings. The van der Waals surface area contributed by atoms with Gasteiger partial charge in [0.05, 0.1) is 5.82 Å². The first-order valence-electron chi connectivity index (χ1n) is 1.45. The molecule has 3 nitrogen and oxygen atoms in total. The Hall–Kier alpha value is 0.453. The summed E-state index contributed by atoms with van der Waals surface area (Å²) in [6.45, 7) is 2.89. The second-order valence-electron chi connectivity index (χ2n) is 0.873. The van der Waals surface area contributed by atoms with E-state index in [0.29, 0.717) is 5.82 Å². The minimum Gasteiger partial charge on any atom is -0.683 e. The average molecular weight is 221 g/mol. The summed E-state index contributed by atoms with van der Waals surface area (Å²) in [5.74, 6) is 0.396. The van der Waals surface area contributed by atoms with Crippen molar-refractivity contribution >= 4 is 7.94 Å². The Bertz CT molecular complexity index is 102. The van der Waals surface area contributed by atoms with Crippen LogP contribution in [0.25, 0.3) is 0 Å². The van der Waals surface area contributed by atoms with Gasteiger partial charge in [0.2, 0.25) is 0 Å². The van der Waals surface area contributed by atoms with Gasteiger partial charge in [-0.25, -0.2) is 0 Å². The van der Waals surface area contributed by atoms with Crippen LogP contribution >= 0.6 is 7.94 Å². The van der Waals surface area contributed by atoms with Crippen LogP contribution in [-0.2, 0) is 19.5 Å². The molecule has 0 aliphatic heterocycles. The minimum absolute atomic E-state index is 0. The van der Waals surface area contributed by atoms with Crippen molar-refractivity contribution in [3.63, 3.8) is 0 Å². The normalized spacial score (nSPS) is 8.88. The largest absolute Gasteiger partial charge is 3.00 e. The van der Waals surface area contributed by atoms with E-state index in [1.54, 1.807) is 0 Å². The molecule has 0 amide bonds. The van der Waals surface area contributed by atoms with E-state index < -0.39 is 7.94 Å². The van der Waals surface area contributed by atoms with Gasteiger partial charge in [-0.3, -0.25) is 0 Å². The molecule has 0 unspecified atom stereocenters. The van der Waals surface area contributed by atoms with Crippen molar-refractivity contribution in [2.45, 2.75) is 0 Å². The summed E-state index contributed by atoms with van der Waals surface area (Å²) < 4.78 is 0. The predicted molar refractivity (Wildman–Crippen MR) is 20.6 cm³/mol. The molecule has 0 bridgehead atoms. The molecule has 0 saturated heterocycles. The third-order valence-corrected chi connectivity index (χ3v) is 0.748. The van der Waals surface area contributed by atoms with E-state index >= 15 is 0 Å².